The van der Waals surface area contributed by atoms with Gasteiger partial charge in [-0.2, -0.15) is 11.8 Å². The third kappa shape index (κ3) is 8.77. The van der Waals surface area contributed by atoms with Crippen molar-refractivity contribution < 1.29 is 29.3 Å². The number of thioether (sulfide) groups is 1. The fraction of sp³-hybridized carbons (Fsp3) is 0.583. The van der Waals surface area contributed by atoms with Crippen LogP contribution in [0.25, 0.3) is 0 Å². The van der Waals surface area contributed by atoms with E-state index in [-0.39, 0.29) is 30.0 Å². The molecule has 0 bridgehead atoms. The van der Waals surface area contributed by atoms with E-state index in [2.05, 4.69) is 4.74 Å². The molecule has 0 saturated heterocycles. The molecule has 0 spiro atoms. The van der Waals surface area contributed by atoms with Crippen LogP contribution in [0.2, 0.25) is 0 Å². The molecule has 2 rings (SSSR count). The predicted molar refractivity (Wildman–Crippen MR) is 122 cm³/mol. The topological polar surface area (TPSA) is 93.1 Å². The second-order valence-corrected chi connectivity index (χ2v) is 9.14. The van der Waals surface area contributed by atoms with Gasteiger partial charge in [0.15, 0.2) is 0 Å². The van der Waals surface area contributed by atoms with Crippen LogP contribution < -0.4 is 0 Å². The van der Waals surface area contributed by atoms with Gasteiger partial charge in [-0.25, -0.2) is 0 Å². The van der Waals surface area contributed by atoms with Gasteiger partial charge in [0.25, 0.3) is 0 Å². The highest BCUT2D eigenvalue weighted by atomic mass is 32.2. The van der Waals surface area contributed by atoms with Crippen LogP contribution in [0.5, 0.6) is 0 Å². The van der Waals surface area contributed by atoms with Gasteiger partial charge >= 0.3 is 5.97 Å². The minimum atomic E-state index is -0.699. The third-order valence-corrected chi connectivity index (χ3v) is 6.61. The molecule has 7 heteroatoms. The van der Waals surface area contributed by atoms with E-state index in [1.54, 1.807) is 24.9 Å². The molecule has 0 aromatic heterocycles. The first-order valence-corrected chi connectivity index (χ1v) is 11.9. The number of esters is 1. The summed E-state index contributed by atoms with van der Waals surface area (Å²) in [5, 5.41) is 20.8. The van der Waals surface area contributed by atoms with Crippen LogP contribution >= 0.6 is 11.8 Å². The molecule has 4 atom stereocenters. The van der Waals surface area contributed by atoms with Crippen molar-refractivity contribution in [1.29, 1.82) is 0 Å². The number of ether oxygens (including phenoxy) is 2. The maximum Gasteiger partial charge on any atom is 0.305 e. The molecule has 1 fully saturated rings. The molecule has 31 heavy (non-hydrogen) atoms. The molecule has 1 aliphatic carbocycles. The first kappa shape index (κ1) is 25.6. The second-order valence-electron chi connectivity index (χ2n) is 7.91. The number of Topliss-reactive ketones (excluding diaryl/α,β-unsaturated/α-hetero) is 1. The third-order valence-electron chi connectivity index (χ3n) is 5.51. The van der Waals surface area contributed by atoms with Crippen molar-refractivity contribution in [3.05, 3.63) is 47.5 Å². The highest BCUT2D eigenvalue weighted by Crippen LogP contribution is 2.34. The van der Waals surface area contributed by atoms with Crippen LogP contribution in [0, 0.1) is 11.8 Å². The van der Waals surface area contributed by atoms with Crippen molar-refractivity contribution in [3.8, 4) is 0 Å². The van der Waals surface area contributed by atoms with Crippen molar-refractivity contribution >= 4 is 23.5 Å². The first-order valence-electron chi connectivity index (χ1n) is 10.7. The molecule has 1 saturated carbocycles. The zero-order valence-corrected chi connectivity index (χ0v) is 19.2. The number of methoxy groups -OCH3 is 2. The summed E-state index contributed by atoms with van der Waals surface area (Å²) in [6, 6.07) is 7.89. The lowest BCUT2D eigenvalue weighted by Crippen LogP contribution is -2.20. The highest BCUT2D eigenvalue weighted by Gasteiger charge is 2.39. The van der Waals surface area contributed by atoms with E-state index >= 15 is 0 Å². The Morgan fingerprint density at radius 2 is 2.06 bits per heavy atom. The molecule has 0 heterocycles. The van der Waals surface area contributed by atoms with Crippen LogP contribution in [0.4, 0.5) is 0 Å². The van der Waals surface area contributed by atoms with Crippen LogP contribution in [-0.2, 0) is 32.1 Å². The Labute approximate surface area is 189 Å². The van der Waals surface area contributed by atoms with Gasteiger partial charge in [-0.1, -0.05) is 36.4 Å². The molecular weight excluding hydrogens is 416 g/mol. The zero-order valence-electron chi connectivity index (χ0n) is 18.4. The van der Waals surface area contributed by atoms with Gasteiger partial charge in [-0.3, -0.25) is 9.59 Å². The van der Waals surface area contributed by atoms with Gasteiger partial charge in [0.05, 0.1) is 25.9 Å². The van der Waals surface area contributed by atoms with Gasteiger partial charge in [0.1, 0.15) is 5.78 Å². The molecule has 1 aromatic rings. The number of aliphatic hydroxyl groups is 2. The number of hydrogen-bond acceptors (Lipinski definition) is 7. The maximum atomic E-state index is 12.3. The number of benzene rings is 1. The van der Waals surface area contributed by atoms with E-state index in [1.807, 2.05) is 30.3 Å². The summed E-state index contributed by atoms with van der Waals surface area (Å²) in [4.78, 5) is 23.5. The smallest absolute Gasteiger partial charge is 0.305 e. The van der Waals surface area contributed by atoms with Gasteiger partial charge in [0.2, 0.25) is 0 Å². The number of carbonyl (C=O) groups is 2. The largest absolute Gasteiger partial charge is 0.469 e. The number of carbonyl (C=O) groups excluding carboxylic acids is 2. The van der Waals surface area contributed by atoms with Gasteiger partial charge < -0.3 is 19.7 Å². The monoisotopic (exact) mass is 450 g/mol. The van der Waals surface area contributed by atoms with E-state index in [4.69, 9.17) is 4.74 Å². The molecule has 1 aliphatic rings. The number of hydrogen-bond donors (Lipinski definition) is 2. The SMILES string of the molecule is COCc1cccc(CC(O)/C=C/C2C(O)CC(=O)C2CCSCCCC(=O)OC)c1. The normalized spacial score (nSPS) is 22.2. The van der Waals surface area contributed by atoms with E-state index in [1.165, 1.54) is 7.11 Å². The van der Waals surface area contributed by atoms with Gasteiger partial charge in [-0.05, 0) is 35.5 Å². The van der Waals surface area contributed by atoms with Gasteiger partial charge in [0, 0.05) is 38.2 Å². The van der Waals surface area contributed by atoms with Crippen LogP contribution in [0.1, 0.15) is 36.8 Å². The summed E-state index contributed by atoms with van der Waals surface area (Å²) in [6.45, 7) is 0.526. The Bertz CT molecular complexity index is 735. The summed E-state index contributed by atoms with van der Waals surface area (Å²) in [5.41, 5.74) is 2.06. The number of aliphatic hydroxyl groups excluding tert-OH is 2. The van der Waals surface area contributed by atoms with Crippen molar-refractivity contribution in [1.82, 2.24) is 0 Å². The minimum Gasteiger partial charge on any atom is -0.469 e. The molecule has 2 N–H and O–H groups in total. The fourth-order valence-electron chi connectivity index (χ4n) is 3.90. The Hall–Kier alpha value is -1.67. The van der Waals surface area contributed by atoms with Gasteiger partial charge in [-0.15, -0.1) is 0 Å². The van der Waals surface area contributed by atoms with E-state index in [9.17, 15) is 19.8 Å². The quantitative estimate of drug-likeness (QED) is 0.271. The lowest BCUT2D eigenvalue weighted by Gasteiger charge is -2.18. The van der Waals surface area contributed by atoms with Crippen LogP contribution in [0.3, 0.4) is 0 Å². The average molecular weight is 451 g/mol. The summed E-state index contributed by atoms with van der Waals surface area (Å²) < 4.78 is 9.77. The lowest BCUT2D eigenvalue weighted by atomic mass is 9.91. The highest BCUT2D eigenvalue weighted by molar-refractivity contribution is 7.99. The minimum absolute atomic E-state index is 0.0825. The van der Waals surface area contributed by atoms with Crippen LogP contribution in [-0.4, -0.2) is 59.9 Å². The van der Waals surface area contributed by atoms with Crippen molar-refractivity contribution in [2.24, 2.45) is 11.8 Å². The van der Waals surface area contributed by atoms with Crippen molar-refractivity contribution in [3.63, 3.8) is 0 Å². The Morgan fingerprint density at radius 1 is 1.29 bits per heavy atom. The standard InChI is InChI=1S/C24H34O6S/c1-29-16-18-6-3-5-17(13-18)14-19(25)8-9-20-21(23(27)15-22(20)26)10-12-31-11-4-7-24(28)30-2/h3,5-6,8-9,13,19-22,25-26H,4,7,10-12,14-16H2,1-2H3/b9-8+. The van der Waals surface area contributed by atoms with E-state index in [0.29, 0.717) is 25.9 Å². The van der Waals surface area contributed by atoms with E-state index in [0.717, 1.165) is 29.1 Å². The summed E-state index contributed by atoms with van der Waals surface area (Å²) in [5.74, 6) is 1.01. The molecular formula is C24H34O6S. The fourth-order valence-corrected chi connectivity index (χ4v) is 4.88. The van der Waals surface area contributed by atoms with Crippen molar-refractivity contribution in [2.45, 2.75) is 50.9 Å². The molecule has 172 valence electrons. The first-order chi connectivity index (χ1) is 14.9. The summed E-state index contributed by atoms with van der Waals surface area (Å²) in [6.07, 6.45) is 4.60. The van der Waals surface area contributed by atoms with Crippen molar-refractivity contribution in [2.75, 3.05) is 25.7 Å². The second kappa shape index (κ2) is 13.7. The predicted octanol–water partition coefficient (Wildman–Crippen LogP) is 2.94. The molecule has 6 nitrogen and oxygen atoms in total. The Balaban J connectivity index is 1.83. The summed E-state index contributed by atoms with van der Waals surface area (Å²) >= 11 is 1.70. The number of rotatable bonds is 13. The molecule has 1 aromatic carbocycles. The average Bonchev–Trinajstić information content (AvgIpc) is 3.01. The molecule has 0 aliphatic heterocycles. The summed E-state index contributed by atoms with van der Waals surface area (Å²) in [7, 11) is 3.03. The molecule has 0 amide bonds. The Morgan fingerprint density at radius 3 is 2.81 bits per heavy atom. The van der Waals surface area contributed by atoms with E-state index < -0.39 is 12.2 Å². The zero-order chi connectivity index (χ0) is 22.6. The molecule has 0 radical (unpaired) electrons. The number of ketones is 1. The Kier molecular flexibility index (Phi) is 11.3. The molecule has 4 unspecified atom stereocenters. The van der Waals surface area contributed by atoms with Crippen LogP contribution in [0.15, 0.2) is 36.4 Å². The maximum absolute atomic E-state index is 12.3. The lowest BCUT2D eigenvalue weighted by molar-refractivity contribution is -0.140.